The monoisotopic (exact) mass is 559 g/mol. The fourth-order valence-electron chi connectivity index (χ4n) is 4.73. The van der Waals surface area contributed by atoms with E-state index in [0.717, 1.165) is 26.2 Å². The van der Waals surface area contributed by atoms with E-state index in [1.165, 1.54) is 22.4 Å². The van der Waals surface area contributed by atoms with E-state index in [2.05, 4.69) is 9.97 Å². The molecule has 0 spiro atoms. The Balaban J connectivity index is 1.67. The summed E-state index contributed by atoms with van der Waals surface area (Å²) in [6.07, 6.45) is 4.22. The Morgan fingerprint density at radius 3 is 2.71 bits per heavy atom. The molecule has 2 aromatic heterocycles. The van der Waals surface area contributed by atoms with Crippen molar-refractivity contribution in [1.82, 2.24) is 14.9 Å². The smallest absolute Gasteiger partial charge is 0.329 e. The number of aromatic nitrogens is 2. The maximum absolute atomic E-state index is 13.7. The molecule has 1 amide bonds. The van der Waals surface area contributed by atoms with Crippen LogP contribution in [0.5, 0.6) is 0 Å². The average Bonchev–Trinajstić information content (AvgIpc) is 3.50. The molecule has 0 aliphatic carbocycles. The number of hydrogen-bond acceptors (Lipinski definition) is 10. The van der Waals surface area contributed by atoms with Crippen LogP contribution in [0, 0.1) is 0 Å². The van der Waals surface area contributed by atoms with E-state index in [1.807, 2.05) is 25.1 Å². The highest BCUT2D eigenvalue weighted by Gasteiger charge is 2.43. The molecule has 4 rings (SSSR count). The third-order valence-corrected chi connectivity index (χ3v) is 8.63. The molecule has 0 saturated carbocycles. The van der Waals surface area contributed by atoms with E-state index in [0.29, 0.717) is 22.4 Å². The normalized spacial score (nSPS) is 17.0. The zero-order valence-electron chi connectivity index (χ0n) is 21.7. The standard InChI is InChI=1S/C25H32N6O5S2/c1-5-15-12-18-16(7-9-27-22(18)26)11-17(15)13-20(24(33)36-6-2)30-10-8-19(23(30)32)31(38(34)35)21-14-28-25(37-21)29(3)4/h7,9,11-12,14,19-20H,5-6,8,10,13H2,1-4H3,(H2,26,27)(H,34,35)/p-1/t19-,20+/m0/s1. The van der Waals surface area contributed by atoms with Crippen molar-refractivity contribution in [3.8, 4) is 0 Å². The summed E-state index contributed by atoms with van der Waals surface area (Å²) < 4.78 is 30.9. The number of anilines is 3. The first-order valence-electron chi connectivity index (χ1n) is 12.3. The van der Waals surface area contributed by atoms with Crippen LogP contribution >= 0.6 is 11.3 Å². The summed E-state index contributed by atoms with van der Waals surface area (Å²) in [6, 6.07) is 3.90. The van der Waals surface area contributed by atoms with Gasteiger partial charge in [0.2, 0.25) is 5.91 Å². The van der Waals surface area contributed by atoms with Gasteiger partial charge in [0.25, 0.3) is 0 Å². The molecule has 0 bridgehead atoms. The van der Waals surface area contributed by atoms with Crippen LogP contribution in [-0.2, 0) is 38.4 Å². The van der Waals surface area contributed by atoms with Gasteiger partial charge in [-0.1, -0.05) is 24.3 Å². The lowest BCUT2D eigenvalue weighted by molar-refractivity contribution is -0.153. The molecule has 0 radical (unpaired) electrons. The molecule has 1 aliphatic heterocycles. The van der Waals surface area contributed by atoms with Crippen molar-refractivity contribution in [3.05, 3.63) is 41.7 Å². The van der Waals surface area contributed by atoms with E-state index in [4.69, 9.17) is 10.5 Å². The summed E-state index contributed by atoms with van der Waals surface area (Å²) in [5.74, 6) is -0.547. The molecule has 1 fully saturated rings. The summed E-state index contributed by atoms with van der Waals surface area (Å²) in [4.78, 5) is 38.4. The number of thiazole rings is 1. The van der Waals surface area contributed by atoms with Gasteiger partial charge in [-0.05, 0) is 48.4 Å². The molecule has 3 atom stereocenters. The van der Waals surface area contributed by atoms with E-state index in [-0.39, 0.29) is 26.0 Å². The molecular formula is C25H31N6O5S2-. The highest BCUT2D eigenvalue weighted by atomic mass is 32.2. The van der Waals surface area contributed by atoms with Gasteiger partial charge in [0, 0.05) is 49.9 Å². The fourth-order valence-corrected chi connectivity index (χ4v) is 6.42. The number of aryl methyl sites for hydroxylation is 1. The maximum Gasteiger partial charge on any atom is 0.329 e. The zero-order chi connectivity index (χ0) is 27.6. The van der Waals surface area contributed by atoms with Crippen molar-refractivity contribution in [2.24, 2.45) is 0 Å². The van der Waals surface area contributed by atoms with Crippen molar-refractivity contribution in [2.45, 2.75) is 45.2 Å². The van der Waals surface area contributed by atoms with Gasteiger partial charge in [0.15, 0.2) is 5.13 Å². The highest BCUT2D eigenvalue weighted by molar-refractivity contribution is 7.81. The van der Waals surface area contributed by atoms with Crippen molar-refractivity contribution < 1.29 is 23.1 Å². The van der Waals surface area contributed by atoms with Gasteiger partial charge in [-0.2, -0.15) is 0 Å². The van der Waals surface area contributed by atoms with Crippen LogP contribution in [0.2, 0.25) is 0 Å². The Bertz CT molecular complexity index is 1360. The topological polar surface area (TPSA) is 145 Å². The van der Waals surface area contributed by atoms with Crippen LogP contribution in [0.15, 0.2) is 30.6 Å². The Labute approximate surface area is 228 Å². The predicted octanol–water partition coefficient (Wildman–Crippen LogP) is 2.28. The first-order chi connectivity index (χ1) is 18.2. The molecule has 1 unspecified atom stereocenters. The average molecular weight is 560 g/mol. The molecule has 1 aliphatic rings. The van der Waals surface area contributed by atoms with Gasteiger partial charge in [0.05, 0.1) is 12.8 Å². The van der Waals surface area contributed by atoms with E-state index >= 15 is 0 Å². The molecule has 204 valence electrons. The highest BCUT2D eigenvalue weighted by Crippen LogP contribution is 2.34. The van der Waals surface area contributed by atoms with Gasteiger partial charge in [0.1, 0.15) is 22.9 Å². The lowest BCUT2D eigenvalue weighted by atomic mass is 9.94. The summed E-state index contributed by atoms with van der Waals surface area (Å²) >= 11 is -1.54. The Hall–Kier alpha value is -3.29. The van der Waals surface area contributed by atoms with E-state index in [1.54, 1.807) is 32.1 Å². The molecule has 1 saturated heterocycles. The van der Waals surface area contributed by atoms with Crippen LogP contribution in [0.25, 0.3) is 10.8 Å². The number of fused-ring (bicyclic) bond motifs is 1. The van der Waals surface area contributed by atoms with Crippen LogP contribution in [0.1, 0.15) is 31.4 Å². The number of carbonyl (C=O) groups excluding carboxylic acids is 2. The zero-order valence-corrected chi connectivity index (χ0v) is 23.4. The molecule has 1 aromatic carbocycles. The van der Waals surface area contributed by atoms with Gasteiger partial charge in [-0.3, -0.25) is 13.3 Å². The summed E-state index contributed by atoms with van der Waals surface area (Å²) in [7, 11) is 3.60. The second-order valence-electron chi connectivity index (χ2n) is 9.12. The SMILES string of the molecule is CCOC(=O)[C@@H](Cc1cc2ccnc(N)c2cc1CC)N1CC[C@H](N(c2cnc(N(C)C)s2)S(=O)[O-])C1=O. The van der Waals surface area contributed by atoms with E-state index < -0.39 is 35.2 Å². The molecule has 11 nitrogen and oxygen atoms in total. The summed E-state index contributed by atoms with van der Waals surface area (Å²) in [5, 5.41) is 2.66. The number of pyridine rings is 1. The van der Waals surface area contributed by atoms with Crippen molar-refractivity contribution in [2.75, 3.05) is 42.2 Å². The first-order valence-corrected chi connectivity index (χ1v) is 14.2. The predicted molar refractivity (Wildman–Crippen MR) is 148 cm³/mol. The lowest BCUT2D eigenvalue weighted by Gasteiger charge is -2.31. The number of ether oxygens (including phenoxy) is 1. The second-order valence-corrected chi connectivity index (χ2v) is 10.9. The molecule has 13 heteroatoms. The summed E-state index contributed by atoms with van der Waals surface area (Å²) in [5.41, 5.74) is 7.95. The van der Waals surface area contributed by atoms with Crippen molar-refractivity contribution in [3.63, 3.8) is 0 Å². The van der Waals surface area contributed by atoms with Gasteiger partial charge in [-0.15, -0.1) is 0 Å². The van der Waals surface area contributed by atoms with E-state index in [9.17, 15) is 18.4 Å². The quantitative estimate of drug-likeness (QED) is 0.292. The third kappa shape index (κ3) is 5.45. The molecular weight excluding hydrogens is 528 g/mol. The number of carbonyl (C=O) groups is 2. The Morgan fingerprint density at radius 1 is 1.32 bits per heavy atom. The molecule has 38 heavy (non-hydrogen) atoms. The van der Waals surface area contributed by atoms with Crippen LogP contribution in [0.4, 0.5) is 16.0 Å². The summed E-state index contributed by atoms with van der Waals surface area (Å²) in [6.45, 7) is 4.09. The lowest BCUT2D eigenvalue weighted by Crippen LogP contribution is -2.49. The largest absolute Gasteiger partial charge is 0.755 e. The first kappa shape index (κ1) is 27.7. The van der Waals surface area contributed by atoms with Crippen molar-refractivity contribution >= 4 is 61.2 Å². The number of amides is 1. The number of esters is 1. The van der Waals surface area contributed by atoms with Gasteiger partial charge >= 0.3 is 5.97 Å². The minimum atomic E-state index is -2.71. The minimum Gasteiger partial charge on any atom is -0.755 e. The maximum atomic E-state index is 13.7. The van der Waals surface area contributed by atoms with Gasteiger partial charge < -0.3 is 24.8 Å². The fraction of sp³-hybridized carbons (Fsp3) is 0.440. The molecule has 3 heterocycles. The Kier molecular flexibility index (Phi) is 8.48. The minimum absolute atomic E-state index is 0.159. The van der Waals surface area contributed by atoms with Crippen LogP contribution in [0.3, 0.4) is 0 Å². The number of likely N-dealkylation sites (tertiary alicyclic amines) is 1. The number of benzene rings is 1. The van der Waals surface area contributed by atoms with Crippen LogP contribution in [-0.4, -0.2) is 74.8 Å². The molecule has 2 N–H and O–H groups in total. The number of nitrogens with zero attached hydrogens (tertiary/aromatic N) is 5. The molecule has 3 aromatic rings. The Morgan fingerprint density at radius 2 is 2.08 bits per heavy atom. The number of nitrogens with two attached hydrogens (primary N) is 1. The van der Waals surface area contributed by atoms with Gasteiger partial charge in [-0.25, -0.2) is 14.8 Å². The van der Waals surface area contributed by atoms with Crippen molar-refractivity contribution in [1.29, 1.82) is 0 Å². The third-order valence-electron chi connectivity index (χ3n) is 6.58. The van der Waals surface area contributed by atoms with Crippen LogP contribution < -0.4 is 14.9 Å². The number of nitrogen functional groups attached to an aromatic ring is 1. The number of rotatable bonds is 10. The number of hydrogen-bond donors (Lipinski definition) is 1. The second kappa shape index (κ2) is 11.6.